The van der Waals surface area contributed by atoms with E-state index in [9.17, 15) is 14.0 Å². The lowest BCUT2D eigenvalue weighted by molar-refractivity contribution is -0.128. The summed E-state index contributed by atoms with van der Waals surface area (Å²) in [7, 11) is 0. The molecule has 1 fully saturated rings. The highest BCUT2D eigenvalue weighted by atomic mass is 19.1. The van der Waals surface area contributed by atoms with Crippen LogP contribution in [-0.4, -0.2) is 31.1 Å². The molecule has 2 amide bonds. The molecule has 3 N–H and O–H groups in total. The normalized spacial score (nSPS) is 16.2. The van der Waals surface area contributed by atoms with Crippen LogP contribution in [0.15, 0.2) is 24.3 Å². The van der Waals surface area contributed by atoms with E-state index in [2.05, 4.69) is 5.32 Å². The minimum absolute atomic E-state index is 0.00664. The molecule has 0 bridgehead atoms. The molecule has 126 valence electrons. The average Bonchev–Trinajstić information content (AvgIpc) is 3.04. The third kappa shape index (κ3) is 5.98. The Morgan fingerprint density at radius 1 is 1.26 bits per heavy atom. The molecular weight excluding hydrogens is 299 g/mol. The average molecular weight is 322 g/mol. The SMILES string of the molecule is NC(=O)C(CNC(=O)COC1CCCC1)Cc1ccc(F)cc1. The van der Waals surface area contributed by atoms with Crippen molar-refractivity contribution in [1.29, 1.82) is 0 Å². The Morgan fingerprint density at radius 3 is 2.52 bits per heavy atom. The van der Waals surface area contributed by atoms with Gasteiger partial charge in [0, 0.05) is 6.54 Å². The number of nitrogens with one attached hydrogen (secondary N) is 1. The van der Waals surface area contributed by atoms with Gasteiger partial charge >= 0.3 is 0 Å². The minimum Gasteiger partial charge on any atom is -0.369 e. The first kappa shape index (κ1) is 17.4. The number of amides is 2. The van der Waals surface area contributed by atoms with E-state index in [1.165, 1.54) is 12.1 Å². The number of carbonyl (C=O) groups is 2. The first-order chi connectivity index (χ1) is 11.0. The predicted molar refractivity (Wildman–Crippen MR) is 84.0 cm³/mol. The molecule has 1 aliphatic carbocycles. The van der Waals surface area contributed by atoms with Crippen molar-refractivity contribution >= 4 is 11.8 Å². The summed E-state index contributed by atoms with van der Waals surface area (Å²) in [4.78, 5) is 23.3. The summed E-state index contributed by atoms with van der Waals surface area (Å²) in [5, 5.41) is 2.68. The zero-order chi connectivity index (χ0) is 16.7. The standard InChI is InChI=1S/C17H23FN2O3/c18-14-7-5-12(6-8-14)9-13(17(19)22)10-20-16(21)11-23-15-3-1-2-4-15/h5-8,13,15H,1-4,9-11H2,(H2,19,22)(H,20,21). The van der Waals surface area contributed by atoms with Gasteiger partial charge in [0.05, 0.1) is 12.0 Å². The van der Waals surface area contributed by atoms with Gasteiger partial charge in [0.15, 0.2) is 0 Å². The highest BCUT2D eigenvalue weighted by Crippen LogP contribution is 2.20. The second kappa shape index (κ2) is 8.62. The maximum atomic E-state index is 12.9. The molecule has 0 aromatic heterocycles. The van der Waals surface area contributed by atoms with Crippen molar-refractivity contribution < 1.29 is 18.7 Å². The topological polar surface area (TPSA) is 81.4 Å². The van der Waals surface area contributed by atoms with E-state index in [1.54, 1.807) is 12.1 Å². The minimum atomic E-state index is -0.532. The molecule has 0 spiro atoms. The van der Waals surface area contributed by atoms with Crippen LogP contribution in [0.3, 0.4) is 0 Å². The van der Waals surface area contributed by atoms with Crippen LogP contribution < -0.4 is 11.1 Å². The van der Waals surface area contributed by atoms with Crippen molar-refractivity contribution in [3.63, 3.8) is 0 Å². The van der Waals surface area contributed by atoms with Gasteiger partial charge in [0.25, 0.3) is 0 Å². The van der Waals surface area contributed by atoms with Gasteiger partial charge in [-0.05, 0) is 37.0 Å². The molecule has 1 aromatic carbocycles. The van der Waals surface area contributed by atoms with Crippen molar-refractivity contribution in [1.82, 2.24) is 5.32 Å². The number of rotatable bonds is 8. The van der Waals surface area contributed by atoms with Crippen molar-refractivity contribution in [2.24, 2.45) is 11.7 Å². The van der Waals surface area contributed by atoms with Crippen LogP contribution in [0, 0.1) is 11.7 Å². The van der Waals surface area contributed by atoms with Crippen molar-refractivity contribution in [2.45, 2.75) is 38.2 Å². The van der Waals surface area contributed by atoms with Gasteiger partial charge in [-0.3, -0.25) is 9.59 Å². The second-order valence-electron chi connectivity index (χ2n) is 5.95. The Labute approximate surface area is 135 Å². The smallest absolute Gasteiger partial charge is 0.246 e. The summed E-state index contributed by atoms with van der Waals surface area (Å²) in [6.45, 7) is 0.159. The molecule has 1 aromatic rings. The van der Waals surface area contributed by atoms with E-state index in [1.807, 2.05) is 0 Å². The number of nitrogens with two attached hydrogens (primary N) is 1. The summed E-state index contributed by atoms with van der Waals surface area (Å²) < 4.78 is 18.4. The predicted octanol–water partition coefficient (Wildman–Crippen LogP) is 1.55. The third-order valence-electron chi connectivity index (χ3n) is 4.10. The third-order valence-corrected chi connectivity index (χ3v) is 4.10. The molecule has 23 heavy (non-hydrogen) atoms. The van der Waals surface area contributed by atoms with Crippen LogP contribution in [0.4, 0.5) is 4.39 Å². The molecule has 5 nitrogen and oxygen atoms in total. The van der Waals surface area contributed by atoms with E-state index in [0.29, 0.717) is 6.42 Å². The summed E-state index contributed by atoms with van der Waals surface area (Å²) >= 11 is 0. The zero-order valence-corrected chi connectivity index (χ0v) is 13.1. The number of hydrogen-bond donors (Lipinski definition) is 2. The van der Waals surface area contributed by atoms with E-state index in [0.717, 1.165) is 31.2 Å². The van der Waals surface area contributed by atoms with Crippen LogP contribution in [-0.2, 0) is 20.7 Å². The molecule has 0 aliphatic heterocycles. The quantitative estimate of drug-likeness (QED) is 0.762. The maximum Gasteiger partial charge on any atom is 0.246 e. The number of halogens is 1. The molecule has 0 heterocycles. The lowest BCUT2D eigenvalue weighted by atomic mass is 9.98. The van der Waals surface area contributed by atoms with Crippen LogP contribution in [0.5, 0.6) is 0 Å². The number of hydrogen-bond acceptors (Lipinski definition) is 3. The Balaban J connectivity index is 1.76. The van der Waals surface area contributed by atoms with Crippen molar-refractivity contribution in [2.75, 3.05) is 13.2 Å². The van der Waals surface area contributed by atoms with Gasteiger partial charge in [-0.2, -0.15) is 0 Å². The van der Waals surface area contributed by atoms with E-state index < -0.39 is 11.8 Å². The van der Waals surface area contributed by atoms with E-state index >= 15 is 0 Å². The van der Waals surface area contributed by atoms with Gasteiger partial charge in [-0.1, -0.05) is 25.0 Å². The van der Waals surface area contributed by atoms with E-state index in [4.69, 9.17) is 10.5 Å². The molecule has 6 heteroatoms. The molecule has 1 saturated carbocycles. The number of primary amides is 1. The van der Waals surface area contributed by atoms with Crippen molar-refractivity contribution in [3.8, 4) is 0 Å². The zero-order valence-electron chi connectivity index (χ0n) is 13.1. The maximum absolute atomic E-state index is 12.9. The highest BCUT2D eigenvalue weighted by Gasteiger charge is 2.19. The monoisotopic (exact) mass is 322 g/mol. The van der Waals surface area contributed by atoms with Crippen LogP contribution in [0.1, 0.15) is 31.2 Å². The van der Waals surface area contributed by atoms with Crippen LogP contribution in [0.25, 0.3) is 0 Å². The van der Waals surface area contributed by atoms with Gasteiger partial charge in [0.2, 0.25) is 11.8 Å². The van der Waals surface area contributed by atoms with Gasteiger partial charge in [0.1, 0.15) is 12.4 Å². The fraction of sp³-hybridized carbons (Fsp3) is 0.529. The van der Waals surface area contributed by atoms with Crippen LogP contribution >= 0.6 is 0 Å². The summed E-state index contributed by atoms with van der Waals surface area (Å²) in [6.07, 6.45) is 4.83. The van der Waals surface area contributed by atoms with Crippen molar-refractivity contribution in [3.05, 3.63) is 35.6 Å². The Kier molecular flexibility index (Phi) is 6.52. The lowest BCUT2D eigenvalue weighted by Gasteiger charge is -2.15. The van der Waals surface area contributed by atoms with Crippen LogP contribution in [0.2, 0.25) is 0 Å². The fourth-order valence-electron chi connectivity index (χ4n) is 2.71. The van der Waals surface area contributed by atoms with Gasteiger partial charge in [-0.15, -0.1) is 0 Å². The molecule has 2 rings (SSSR count). The molecular formula is C17H23FN2O3. The molecule has 1 aliphatic rings. The molecule has 1 atom stereocenters. The molecule has 1 unspecified atom stereocenters. The Morgan fingerprint density at radius 2 is 1.91 bits per heavy atom. The first-order valence-corrected chi connectivity index (χ1v) is 7.96. The largest absolute Gasteiger partial charge is 0.369 e. The first-order valence-electron chi connectivity index (χ1n) is 7.96. The van der Waals surface area contributed by atoms with Gasteiger partial charge < -0.3 is 15.8 Å². The van der Waals surface area contributed by atoms with Gasteiger partial charge in [-0.25, -0.2) is 4.39 Å². The lowest BCUT2D eigenvalue weighted by Crippen LogP contribution is -2.39. The number of ether oxygens (including phenoxy) is 1. The molecule has 0 radical (unpaired) electrons. The Hall–Kier alpha value is -1.95. The molecule has 0 saturated heterocycles. The fourth-order valence-corrected chi connectivity index (χ4v) is 2.71. The number of benzene rings is 1. The summed E-state index contributed by atoms with van der Waals surface area (Å²) in [6, 6.07) is 5.88. The Bertz CT molecular complexity index is 527. The second-order valence-corrected chi connectivity index (χ2v) is 5.95. The summed E-state index contributed by atoms with van der Waals surface area (Å²) in [5.41, 5.74) is 6.18. The number of carbonyl (C=O) groups excluding carboxylic acids is 2. The van der Waals surface area contributed by atoms with E-state index in [-0.39, 0.29) is 31.0 Å². The summed E-state index contributed by atoms with van der Waals surface area (Å²) in [5.74, 6) is -1.61. The highest BCUT2D eigenvalue weighted by molar-refractivity contribution is 5.80.